The number of hydrogen-bond donors (Lipinski definition) is 2. The number of rotatable bonds is 4. The highest BCUT2D eigenvalue weighted by Gasteiger charge is 2.41. The fourth-order valence-electron chi connectivity index (χ4n) is 2.72. The first kappa shape index (κ1) is 11.9. The van der Waals surface area contributed by atoms with Crippen molar-refractivity contribution >= 4 is 5.91 Å². The molecule has 0 heterocycles. The lowest BCUT2D eigenvalue weighted by Gasteiger charge is -2.28. The van der Waals surface area contributed by atoms with Crippen LogP contribution in [0, 0.1) is 11.3 Å². The molecular formula is C13H24N2O. The molecule has 1 amide bonds. The number of hydrogen-bond acceptors (Lipinski definition) is 2. The number of carbonyl (C=O) groups excluding carboxylic acids is 1. The van der Waals surface area contributed by atoms with Crippen molar-refractivity contribution in [1.82, 2.24) is 5.32 Å². The molecule has 0 aliphatic heterocycles. The van der Waals surface area contributed by atoms with Crippen LogP contribution in [0.1, 0.15) is 51.9 Å². The maximum Gasteiger partial charge on any atom is 0.224 e. The van der Waals surface area contributed by atoms with Gasteiger partial charge in [0.05, 0.1) is 5.92 Å². The van der Waals surface area contributed by atoms with Gasteiger partial charge in [-0.2, -0.15) is 0 Å². The van der Waals surface area contributed by atoms with Crippen LogP contribution in [0.3, 0.4) is 0 Å². The third-order valence-electron chi connectivity index (χ3n) is 4.50. The Balaban J connectivity index is 1.78. The molecule has 2 unspecified atom stereocenters. The van der Waals surface area contributed by atoms with E-state index in [-0.39, 0.29) is 17.9 Å². The molecule has 2 saturated carbocycles. The van der Waals surface area contributed by atoms with E-state index in [1.54, 1.807) is 0 Å². The summed E-state index contributed by atoms with van der Waals surface area (Å²) in [6.45, 7) is 3.08. The van der Waals surface area contributed by atoms with Gasteiger partial charge in [0.15, 0.2) is 0 Å². The van der Waals surface area contributed by atoms with Gasteiger partial charge in [0.1, 0.15) is 0 Å². The van der Waals surface area contributed by atoms with Crippen LogP contribution in [0.25, 0.3) is 0 Å². The molecule has 0 saturated heterocycles. The topological polar surface area (TPSA) is 55.1 Å². The van der Waals surface area contributed by atoms with Gasteiger partial charge in [-0.3, -0.25) is 4.79 Å². The molecule has 0 aromatic carbocycles. The van der Waals surface area contributed by atoms with Crippen molar-refractivity contribution < 1.29 is 4.79 Å². The zero-order valence-electron chi connectivity index (χ0n) is 10.3. The number of carbonyl (C=O) groups is 1. The Morgan fingerprint density at radius 2 is 2.06 bits per heavy atom. The Bertz CT molecular complexity index is 261. The van der Waals surface area contributed by atoms with Gasteiger partial charge in [-0.1, -0.05) is 19.8 Å². The summed E-state index contributed by atoms with van der Waals surface area (Å²) in [4.78, 5) is 12.0. The third-order valence-corrected chi connectivity index (χ3v) is 4.50. The van der Waals surface area contributed by atoms with Crippen LogP contribution < -0.4 is 11.1 Å². The van der Waals surface area contributed by atoms with E-state index in [1.807, 2.05) is 0 Å². The summed E-state index contributed by atoms with van der Waals surface area (Å²) in [7, 11) is 0. The number of nitrogens with two attached hydrogens (primary N) is 1. The Kier molecular flexibility index (Phi) is 3.53. The van der Waals surface area contributed by atoms with Crippen molar-refractivity contribution in [1.29, 1.82) is 0 Å². The second-order valence-corrected chi connectivity index (χ2v) is 5.63. The van der Waals surface area contributed by atoms with Gasteiger partial charge in [-0.05, 0) is 37.5 Å². The maximum atomic E-state index is 12.0. The van der Waals surface area contributed by atoms with E-state index in [4.69, 9.17) is 5.73 Å². The summed E-state index contributed by atoms with van der Waals surface area (Å²) in [6, 6.07) is 0.0885. The molecule has 3 heteroatoms. The molecule has 2 aliphatic rings. The highest BCUT2D eigenvalue weighted by Crippen LogP contribution is 2.47. The Labute approximate surface area is 98.2 Å². The van der Waals surface area contributed by atoms with E-state index in [0.29, 0.717) is 5.41 Å². The van der Waals surface area contributed by atoms with Gasteiger partial charge in [0.2, 0.25) is 5.91 Å². The van der Waals surface area contributed by atoms with Gasteiger partial charge < -0.3 is 11.1 Å². The Morgan fingerprint density at radius 1 is 1.38 bits per heavy atom. The molecule has 2 rings (SSSR count). The highest BCUT2D eigenvalue weighted by molar-refractivity contribution is 5.79. The highest BCUT2D eigenvalue weighted by atomic mass is 16.1. The third kappa shape index (κ3) is 2.57. The van der Waals surface area contributed by atoms with Crippen LogP contribution in [0.15, 0.2) is 0 Å². The van der Waals surface area contributed by atoms with Gasteiger partial charge >= 0.3 is 0 Å². The van der Waals surface area contributed by atoms with Crippen molar-refractivity contribution in [3.05, 3.63) is 0 Å². The van der Waals surface area contributed by atoms with Crippen molar-refractivity contribution in [2.24, 2.45) is 17.1 Å². The van der Waals surface area contributed by atoms with Crippen LogP contribution in [-0.4, -0.2) is 18.5 Å². The summed E-state index contributed by atoms with van der Waals surface area (Å²) < 4.78 is 0. The lowest BCUT2D eigenvalue weighted by molar-refractivity contribution is -0.126. The lowest BCUT2D eigenvalue weighted by Crippen LogP contribution is -2.45. The molecule has 3 N–H and O–H groups in total. The second kappa shape index (κ2) is 4.74. The summed E-state index contributed by atoms with van der Waals surface area (Å²) in [5.74, 6) is 0.272. The van der Waals surface area contributed by atoms with Crippen molar-refractivity contribution in [3.63, 3.8) is 0 Å². The monoisotopic (exact) mass is 224 g/mol. The maximum absolute atomic E-state index is 12.0. The quantitative estimate of drug-likeness (QED) is 0.765. The van der Waals surface area contributed by atoms with E-state index in [1.165, 1.54) is 25.7 Å². The van der Waals surface area contributed by atoms with E-state index < -0.39 is 0 Å². The van der Waals surface area contributed by atoms with Gasteiger partial charge in [0.25, 0.3) is 0 Å². The van der Waals surface area contributed by atoms with Crippen LogP contribution >= 0.6 is 0 Å². The minimum atomic E-state index is 0.0707. The van der Waals surface area contributed by atoms with E-state index in [2.05, 4.69) is 12.2 Å². The molecule has 92 valence electrons. The normalized spacial score (nSPS) is 32.1. The molecule has 2 aliphatic carbocycles. The molecule has 2 fully saturated rings. The first-order valence-electron chi connectivity index (χ1n) is 6.70. The molecule has 2 atom stereocenters. The van der Waals surface area contributed by atoms with Crippen molar-refractivity contribution in [3.8, 4) is 0 Å². The predicted molar refractivity (Wildman–Crippen MR) is 64.9 cm³/mol. The van der Waals surface area contributed by atoms with Crippen molar-refractivity contribution in [2.75, 3.05) is 6.54 Å². The minimum absolute atomic E-state index is 0.0707. The fraction of sp³-hybridized carbons (Fsp3) is 0.923. The molecule has 16 heavy (non-hydrogen) atoms. The SMILES string of the molecule is CCC1(CNC(=O)C2CCCCC2N)CC1. The van der Waals surface area contributed by atoms with E-state index in [9.17, 15) is 4.79 Å². The summed E-state index contributed by atoms with van der Waals surface area (Å²) in [6.07, 6.45) is 8.07. The fourth-order valence-corrected chi connectivity index (χ4v) is 2.72. The summed E-state index contributed by atoms with van der Waals surface area (Å²) in [5, 5.41) is 3.12. The van der Waals surface area contributed by atoms with Crippen LogP contribution in [0.4, 0.5) is 0 Å². The number of amides is 1. The van der Waals surface area contributed by atoms with Crippen LogP contribution in [0.5, 0.6) is 0 Å². The zero-order valence-corrected chi connectivity index (χ0v) is 10.3. The van der Waals surface area contributed by atoms with Crippen LogP contribution in [0.2, 0.25) is 0 Å². The molecule has 0 spiro atoms. The molecule has 0 aromatic rings. The standard InChI is InChI=1S/C13H24N2O/c1-2-13(7-8-13)9-15-12(16)10-5-3-4-6-11(10)14/h10-11H,2-9,14H2,1H3,(H,15,16). The Hall–Kier alpha value is -0.570. The molecular weight excluding hydrogens is 200 g/mol. The first-order chi connectivity index (χ1) is 7.67. The molecule has 0 bridgehead atoms. The van der Waals surface area contributed by atoms with E-state index in [0.717, 1.165) is 25.8 Å². The summed E-state index contributed by atoms with van der Waals surface area (Å²) in [5.41, 5.74) is 6.45. The first-order valence-corrected chi connectivity index (χ1v) is 6.70. The van der Waals surface area contributed by atoms with Crippen LogP contribution in [-0.2, 0) is 4.79 Å². The molecule has 3 nitrogen and oxygen atoms in total. The van der Waals surface area contributed by atoms with E-state index >= 15 is 0 Å². The minimum Gasteiger partial charge on any atom is -0.355 e. The smallest absolute Gasteiger partial charge is 0.224 e. The Morgan fingerprint density at radius 3 is 2.62 bits per heavy atom. The zero-order chi connectivity index (χ0) is 11.6. The average molecular weight is 224 g/mol. The van der Waals surface area contributed by atoms with Gasteiger partial charge in [0, 0.05) is 12.6 Å². The van der Waals surface area contributed by atoms with Gasteiger partial charge in [-0.25, -0.2) is 0 Å². The predicted octanol–water partition coefficient (Wildman–Crippen LogP) is 1.81. The molecule has 0 radical (unpaired) electrons. The van der Waals surface area contributed by atoms with Gasteiger partial charge in [-0.15, -0.1) is 0 Å². The number of nitrogens with one attached hydrogen (secondary N) is 1. The summed E-state index contributed by atoms with van der Waals surface area (Å²) >= 11 is 0. The second-order valence-electron chi connectivity index (χ2n) is 5.63. The average Bonchev–Trinajstić information content (AvgIpc) is 3.07. The molecule has 0 aromatic heterocycles. The largest absolute Gasteiger partial charge is 0.355 e. The van der Waals surface area contributed by atoms with Crippen molar-refractivity contribution in [2.45, 2.75) is 57.9 Å². The lowest BCUT2D eigenvalue weighted by atomic mass is 9.84.